The number of carbonyl (C=O) groups excluding carboxylic acids is 1. The van der Waals surface area contributed by atoms with E-state index in [1.54, 1.807) is 12.4 Å². The van der Waals surface area contributed by atoms with Gasteiger partial charge in [-0.25, -0.2) is 0 Å². The molecule has 3 rings (SSSR count). The van der Waals surface area contributed by atoms with Crippen LogP contribution in [-0.2, 0) is 6.42 Å². The van der Waals surface area contributed by atoms with Gasteiger partial charge in [-0.05, 0) is 55.2 Å². The summed E-state index contributed by atoms with van der Waals surface area (Å²) in [5, 5.41) is 6.33. The second-order valence-corrected chi connectivity index (χ2v) is 6.30. The van der Waals surface area contributed by atoms with Gasteiger partial charge in [0.15, 0.2) is 0 Å². The molecule has 0 atom stereocenters. The number of anilines is 3. The second-order valence-electron chi connectivity index (χ2n) is 6.30. The molecule has 1 aromatic heterocycles. The van der Waals surface area contributed by atoms with Crippen molar-refractivity contribution < 1.29 is 4.79 Å². The maximum Gasteiger partial charge on any atom is 0.257 e. The average molecular weight is 345 g/mol. The summed E-state index contributed by atoms with van der Waals surface area (Å²) in [6.07, 6.45) is 4.24. The molecule has 3 aromatic rings. The van der Waals surface area contributed by atoms with E-state index in [9.17, 15) is 4.79 Å². The molecule has 0 unspecified atom stereocenters. The molecule has 0 aliphatic rings. The predicted octanol–water partition coefficient (Wildman–Crippen LogP) is 5.26. The molecule has 1 heterocycles. The number of pyridine rings is 1. The van der Waals surface area contributed by atoms with Crippen molar-refractivity contribution in [2.24, 2.45) is 0 Å². The molecule has 0 bridgehead atoms. The Hall–Kier alpha value is -3.14. The molecule has 0 fully saturated rings. The molecule has 0 saturated heterocycles. The molecule has 4 heteroatoms. The van der Waals surface area contributed by atoms with E-state index in [1.165, 1.54) is 5.56 Å². The Morgan fingerprint density at radius 1 is 1.00 bits per heavy atom. The lowest BCUT2D eigenvalue weighted by molar-refractivity contribution is 0.102. The van der Waals surface area contributed by atoms with Crippen molar-refractivity contribution in [2.45, 2.75) is 27.2 Å². The number of nitrogens with one attached hydrogen (secondary N) is 2. The summed E-state index contributed by atoms with van der Waals surface area (Å²) < 4.78 is 0. The molecule has 132 valence electrons. The largest absolute Gasteiger partial charge is 0.354 e. The fourth-order valence-corrected chi connectivity index (χ4v) is 2.82. The fraction of sp³-hybridized carbons (Fsp3) is 0.182. The Bertz CT molecular complexity index is 934. The van der Waals surface area contributed by atoms with Crippen LogP contribution in [0.4, 0.5) is 17.1 Å². The Labute approximate surface area is 154 Å². The van der Waals surface area contributed by atoms with Crippen LogP contribution in [0.25, 0.3) is 0 Å². The van der Waals surface area contributed by atoms with E-state index in [0.29, 0.717) is 5.56 Å². The minimum atomic E-state index is -0.168. The SMILES string of the molecule is CCc1ccccc1Nc1cncc(C(=O)Nc2cccc(C)c2C)c1. The quantitative estimate of drug-likeness (QED) is 0.663. The Balaban J connectivity index is 1.80. The van der Waals surface area contributed by atoms with Crippen LogP contribution in [0, 0.1) is 13.8 Å². The normalized spacial score (nSPS) is 10.4. The molecule has 1 amide bonds. The molecule has 2 N–H and O–H groups in total. The molecule has 2 aromatic carbocycles. The van der Waals surface area contributed by atoms with E-state index in [-0.39, 0.29) is 5.91 Å². The van der Waals surface area contributed by atoms with Crippen LogP contribution in [0.1, 0.15) is 34.0 Å². The zero-order valence-electron chi connectivity index (χ0n) is 15.3. The molecule has 26 heavy (non-hydrogen) atoms. The lowest BCUT2D eigenvalue weighted by Gasteiger charge is -2.13. The summed E-state index contributed by atoms with van der Waals surface area (Å²) in [4.78, 5) is 16.8. The molecular formula is C22H23N3O. The van der Waals surface area contributed by atoms with E-state index in [4.69, 9.17) is 0 Å². The lowest BCUT2D eigenvalue weighted by atomic mass is 10.1. The number of nitrogens with zero attached hydrogens (tertiary/aromatic N) is 1. The lowest BCUT2D eigenvalue weighted by Crippen LogP contribution is -2.13. The maximum absolute atomic E-state index is 12.6. The topological polar surface area (TPSA) is 54.0 Å². The summed E-state index contributed by atoms with van der Waals surface area (Å²) in [5.74, 6) is -0.168. The number of aryl methyl sites for hydroxylation is 2. The van der Waals surface area contributed by atoms with E-state index in [0.717, 1.165) is 34.6 Å². The van der Waals surface area contributed by atoms with Gasteiger partial charge in [0.2, 0.25) is 0 Å². The molecule has 0 spiro atoms. The zero-order chi connectivity index (χ0) is 18.5. The van der Waals surface area contributed by atoms with Crippen molar-refractivity contribution in [1.29, 1.82) is 0 Å². The summed E-state index contributed by atoms with van der Waals surface area (Å²) in [6, 6.07) is 15.8. The van der Waals surface area contributed by atoms with E-state index in [2.05, 4.69) is 28.6 Å². The second kappa shape index (κ2) is 7.83. The van der Waals surface area contributed by atoms with Gasteiger partial charge in [0.05, 0.1) is 17.4 Å². The average Bonchev–Trinajstić information content (AvgIpc) is 2.66. The number of rotatable bonds is 5. The van der Waals surface area contributed by atoms with Crippen LogP contribution in [0.5, 0.6) is 0 Å². The highest BCUT2D eigenvalue weighted by Gasteiger charge is 2.10. The van der Waals surface area contributed by atoms with Gasteiger partial charge >= 0.3 is 0 Å². The van der Waals surface area contributed by atoms with Gasteiger partial charge < -0.3 is 10.6 Å². The Morgan fingerprint density at radius 2 is 1.77 bits per heavy atom. The fourth-order valence-electron chi connectivity index (χ4n) is 2.82. The summed E-state index contributed by atoms with van der Waals surface area (Å²) in [5.41, 5.74) is 6.60. The highest BCUT2D eigenvalue weighted by atomic mass is 16.1. The molecule has 0 radical (unpaired) electrons. The Morgan fingerprint density at radius 3 is 2.58 bits per heavy atom. The third-order valence-electron chi connectivity index (χ3n) is 4.53. The van der Waals surface area contributed by atoms with Crippen molar-refractivity contribution in [3.63, 3.8) is 0 Å². The number of benzene rings is 2. The monoisotopic (exact) mass is 345 g/mol. The predicted molar refractivity (Wildman–Crippen MR) is 107 cm³/mol. The maximum atomic E-state index is 12.6. The van der Waals surface area contributed by atoms with Crippen molar-refractivity contribution in [1.82, 2.24) is 4.98 Å². The van der Waals surface area contributed by atoms with Gasteiger partial charge in [-0.3, -0.25) is 9.78 Å². The molecule has 4 nitrogen and oxygen atoms in total. The highest BCUT2D eigenvalue weighted by molar-refractivity contribution is 6.05. The standard InChI is InChI=1S/C22H23N3O/c1-4-17-9-5-6-10-21(17)24-19-12-18(13-23-14-19)22(26)25-20-11-7-8-15(2)16(20)3/h5-14,24H,4H2,1-3H3,(H,25,26). The number of aromatic nitrogens is 1. The third kappa shape index (κ3) is 3.91. The molecule has 0 aliphatic carbocycles. The van der Waals surface area contributed by atoms with Crippen molar-refractivity contribution in [2.75, 3.05) is 10.6 Å². The number of carbonyl (C=O) groups is 1. The first kappa shape index (κ1) is 17.7. The van der Waals surface area contributed by atoms with Gasteiger partial charge in [-0.2, -0.15) is 0 Å². The van der Waals surface area contributed by atoms with Crippen LogP contribution in [0.3, 0.4) is 0 Å². The minimum Gasteiger partial charge on any atom is -0.354 e. The van der Waals surface area contributed by atoms with Crippen LogP contribution >= 0.6 is 0 Å². The van der Waals surface area contributed by atoms with E-state index in [1.807, 2.05) is 56.3 Å². The van der Waals surface area contributed by atoms with Crippen LogP contribution < -0.4 is 10.6 Å². The third-order valence-corrected chi connectivity index (χ3v) is 4.53. The van der Waals surface area contributed by atoms with Crippen LogP contribution in [0.15, 0.2) is 60.9 Å². The first-order valence-electron chi connectivity index (χ1n) is 8.76. The summed E-state index contributed by atoms with van der Waals surface area (Å²) in [6.45, 7) is 6.15. The van der Waals surface area contributed by atoms with Gasteiger partial charge in [-0.1, -0.05) is 37.3 Å². The van der Waals surface area contributed by atoms with E-state index >= 15 is 0 Å². The van der Waals surface area contributed by atoms with Gasteiger partial charge in [0.25, 0.3) is 5.91 Å². The summed E-state index contributed by atoms with van der Waals surface area (Å²) in [7, 11) is 0. The van der Waals surface area contributed by atoms with Crippen LogP contribution in [-0.4, -0.2) is 10.9 Å². The Kier molecular flexibility index (Phi) is 5.32. The van der Waals surface area contributed by atoms with Crippen molar-refractivity contribution in [3.8, 4) is 0 Å². The number of hydrogen-bond donors (Lipinski definition) is 2. The number of hydrogen-bond acceptors (Lipinski definition) is 3. The van der Waals surface area contributed by atoms with Gasteiger partial charge in [-0.15, -0.1) is 0 Å². The first-order chi connectivity index (χ1) is 12.6. The molecule has 0 saturated carbocycles. The van der Waals surface area contributed by atoms with Gasteiger partial charge in [0, 0.05) is 17.6 Å². The van der Waals surface area contributed by atoms with Gasteiger partial charge in [0.1, 0.15) is 0 Å². The van der Waals surface area contributed by atoms with Crippen molar-refractivity contribution in [3.05, 3.63) is 83.2 Å². The van der Waals surface area contributed by atoms with Crippen molar-refractivity contribution >= 4 is 23.0 Å². The highest BCUT2D eigenvalue weighted by Crippen LogP contribution is 2.22. The number of para-hydroxylation sites is 1. The smallest absolute Gasteiger partial charge is 0.257 e. The molecular weight excluding hydrogens is 322 g/mol. The first-order valence-corrected chi connectivity index (χ1v) is 8.76. The number of amides is 1. The van der Waals surface area contributed by atoms with E-state index < -0.39 is 0 Å². The summed E-state index contributed by atoms with van der Waals surface area (Å²) >= 11 is 0. The molecule has 0 aliphatic heterocycles. The zero-order valence-corrected chi connectivity index (χ0v) is 15.3. The minimum absolute atomic E-state index is 0.168. The van der Waals surface area contributed by atoms with Crippen LogP contribution in [0.2, 0.25) is 0 Å².